The van der Waals surface area contributed by atoms with E-state index >= 15 is 0 Å². The molecular formula is C22H32O9. The fourth-order valence-corrected chi connectivity index (χ4v) is 6.82. The molecule has 3 heterocycles. The predicted octanol–water partition coefficient (Wildman–Crippen LogP) is 0.409. The first-order chi connectivity index (χ1) is 14.8. The van der Waals surface area contributed by atoms with Crippen LogP contribution >= 0.6 is 0 Å². The van der Waals surface area contributed by atoms with Crippen LogP contribution in [0.3, 0.4) is 0 Å². The van der Waals surface area contributed by atoms with Crippen LogP contribution in [0.4, 0.5) is 0 Å². The van der Waals surface area contributed by atoms with Crippen LogP contribution in [0.25, 0.3) is 0 Å². The van der Waals surface area contributed by atoms with Gasteiger partial charge in [-0.15, -0.1) is 0 Å². The van der Waals surface area contributed by atoms with Crippen molar-refractivity contribution in [3.63, 3.8) is 0 Å². The largest absolute Gasteiger partial charge is 0.501 e. The van der Waals surface area contributed by atoms with E-state index in [9.17, 15) is 25.2 Å². The van der Waals surface area contributed by atoms with Crippen molar-refractivity contribution in [3.8, 4) is 0 Å². The van der Waals surface area contributed by atoms with E-state index in [1.165, 1.54) is 5.57 Å². The summed E-state index contributed by atoms with van der Waals surface area (Å²) in [7, 11) is 0. The van der Waals surface area contributed by atoms with Crippen molar-refractivity contribution in [2.45, 2.75) is 81.4 Å². The molecule has 0 spiro atoms. The molecule has 2 saturated carbocycles. The van der Waals surface area contributed by atoms with Crippen molar-refractivity contribution >= 4 is 5.97 Å². The van der Waals surface area contributed by atoms with Gasteiger partial charge in [-0.2, -0.15) is 0 Å². The van der Waals surface area contributed by atoms with Gasteiger partial charge in [0.1, 0.15) is 18.3 Å². The average molecular weight is 440 g/mol. The number of carboxylic acid groups (broad SMARTS) is 1. The number of fused-ring (bicyclic) bond motifs is 5. The summed E-state index contributed by atoms with van der Waals surface area (Å²) >= 11 is 0. The van der Waals surface area contributed by atoms with Crippen LogP contribution < -0.4 is 0 Å². The minimum atomic E-state index is -1.73. The molecule has 0 aromatic heterocycles. The summed E-state index contributed by atoms with van der Waals surface area (Å²) in [5, 5.41) is 39.8. The van der Waals surface area contributed by atoms with E-state index in [4.69, 9.17) is 18.9 Å². The lowest BCUT2D eigenvalue weighted by Crippen LogP contribution is -2.61. The Hall–Kier alpha value is -1.23. The standard InChI is InChI=1S/C22H32O9/c1-22-6-4-12-11-5-7-28-8-10(11)2-3-13(12)15(22)14(9-29-22)30-21-18(25)16(23)17(24)19(31-21)20(26)27/h8,11-19,21,23-25H,2-7,9H2,1H3,(H,26,27)/t11?,12?,13?,14?,15?,16-,17-,18+,19-,21+,22-/m0/s1. The highest BCUT2D eigenvalue weighted by atomic mass is 16.7. The molecule has 0 radical (unpaired) electrons. The monoisotopic (exact) mass is 440 g/mol. The van der Waals surface area contributed by atoms with Gasteiger partial charge in [0.25, 0.3) is 0 Å². The maximum Gasteiger partial charge on any atom is 0.335 e. The Labute approximate surface area is 180 Å². The van der Waals surface area contributed by atoms with Gasteiger partial charge in [0.15, 0.2) is 12.4 Å². The predicted molar refractivity (Wildman–Crippen MR) is 105 cm³/mol. The van der Waals surface area contributed by atoms with Gasteiger partial charge in [-0.25, -0.2) is 4.79 Å². The zero-order valence-electron chi connectivity index (χ0n) is 17.6. The van der Waals surface area contributed by atoms with Crippen LogP contribution in [0.15, 0.2) is 11.8 Å². The van der Waals surface area contributed by atoms with E-state index in [-0.39, 0.29) is 17.6 Å². The zero-order chi connectivity index (χ0) is 21.9. The van der Waals surface area contributed by atoms with Crippen molar-refractivity contribution in [2.75, 3.05) is 13.2 Å². The fraction of sp³-hybridized carbons (Fsp3) is 0.864. The molecule has 4 N–H and O–H groups in total. The molecule has 3 aliphatic heterocycles. The molecule has 5 rings (SSSR count). The maximum atomic E-state index is 11.4. The Morgan fingerprint density at radius 1 is 1.13 bits per heavy atom. The Kier molecular flexibility index (Phi) is 5.55. The second kappa shape index (κ2) is 7.97. The SMILES string of the molecule is C[C@]12CCC3C4CCOC=C4CCC3C1C(O[C@@H]1O[C@H](C(=O)O)[C@@H](O)[C@H](O)[C@H]1O)CO2. The van der Waals surface area contributed by atoms with E-state index in [1.54, 1.807) is 0 Å². The van der Waals surface area contributed by atoms with Gasteiger partial charge in [0, 0.05) is 5.92 Å². The number of hydrogen-bond acceptors (Lipinski definition) is 8. The van der Waals surface area contributed by atoms with Crippen LogP contribution in [0, 0.1) is 23.7 Å². The molecule has 174 valence electrons. The molecule has 0 amide bonds. The lowest BCUT2D eigenvalue weighted by molar-refractivity contribution is -0.308. The Balaban J connectivity index is 1.36. The van der Waals surface area contributed by atoms with Crippen molar-refractivity contribution in [1.29, 1.82) is 0 Å². The van der Waals surface area contributed by atoms with Crippen molar-refractivity contribution in [2.24, 2.45) is 23.7 Å². The van der Waals surface area contributed by atoms with Gasteiger partial charge in [0.05, 0.1) is 31.2 Å². The highest BCUT2D eigenvalue weighted by Crippen LogP contribution is 2.57. The highest BCUT2D eigenvalue weighted by molar-refractivity contribution is 5.73. The van der Waals surface area contributed by atoms with E-state index in [0.29, 0.717) is 24.4 Å². The number of allylic oxidation sites excluding steroid dienone is 1. The minimum absolute atomic E-state index is 0.0821. The quantitative estimate of drug-likeness (QED) is 0.492. The van der Waals surface area contributed by atoms with E-state index < -0.39 is 36.7 Å². The minimum Gasteiger partial charge on any atom is -0.501 e. The third-order valence-electron chi connectivity index (χ3n) is 8.33. The number of aliphatic carboxylic acids is 1. The molecule has 9 nitrogen and oxygen atoms in total. The molecule has 31 heavy (non-hydrogen) atoms. The number of aliphatic hydroxyl groups excluding tert-OH is 3. The van der Waals surface area contributed by atoms with E-state index in [2.05, 4.69) is 6.92 Å². The summed E-state index contributed by atoms with van der Waals surface area (Å²) in [6.45, 7) is 3.18. The fourth-order valence-electron chi connectivity index (χ4n) is 6.82. The third-order valence-corrected chi connectivity index (χ3v) is 8.33. The number of rotatable bonds is 3. The molecule has 11 atom stereocenters. The zero-order valence-corrected chi connectivity index (χ0v) is 17.6. The number of hydrogen-bond donors (Lipinski definition) is 4. The van der Waals surface area contributed by atoms with Crippen LogP contribution in [-0.2, 0) is 23.7 Å². The topological polar surface area (TPSA) is 135 Å². The average Bonchev–Trinajstić information content (AvgIpc) is 3.10. The van der Waals surface area contributed by atoms with Crippen molar-refractivity contribution < 1.29 is 44.2 Å². The smallest absolute Gasteiger partial charge is 0.335 e. The lowest BCUT2D eigenvalue weighted by atomic mass is 9.55. The Bertz CT molecular complexity index is 740. The van der Waals surface area contributed by atoms with Crippen LogP contribution in [0.1, 0.15) is 39.0 Å². The van der Waals surface area contributed by atoms with Gasteiger partial charge in [-0.3, -0.25) is 0 Å². The highest BCUT2D eigenvalue weighted by Gasteiger charge is 2.59. The molecule has 0 aromatic rings. The van der Waals surface area contributed by atoms with Crippen LogP contribution in [-0.4, -0.2) is 82.0 Å². The number of carboxylic acids is 1. The number of ether oxygens (including phenoxy) is 4. The summed E-state index contributed by atoms with van der Waals surface area (Å²) < 4.78 is 23.3. The first-order valence-corrected chi connectivity index (χ1v) is 11.3. The van der Waals surface area contributed by atoms with Crippen LogP contribution in [0.2, 0.25) is 0 Å². The van der Waals surface area contributed by atoms with Crippen LogP contribution in [0.5, 0.6) is 0 Å². The van der Waals surface area contributed by atoms with Gasteiger partial charge in [-0.05, 0) is 62.4 Å². The Morgan fingerprint density at radius 3 is 2.71 bits per heavy atom. The first-order valence-electron chi connectivity index (χ1n) is 11.3. The molecular weight excluding hydrogens is 408 g/mol. The van der Waals surface area contributed by atoms with E-state index in [0.717, 1.165) is 38.7 Å². The first kappa shape index (κ1) is 21.6. The third kappa shape index (κ3) is 3.50. The molecule has 0 aromatic carbocycles. The summed E-state index contributed by atoms with van der Waals surface area (Å²) in [5.74, 6) is 0.0921. The lowest BCUT2D eigenvalue weighted by Gasteiger charge is -2.52. The van der Waals surface area contributed by atoms with Gasteiger partial charge >= 0.3 is 5.97 Å². The summed E-state index contributed by atoms with van der Waals surface area (Å²) in [5.41, 5.74) is 1.06. The summed E-state index contributed by atoms with van der Waals surface area (Å²) in [6, 6.07) is 0. The van der Waals surface area contributed by atoms with Crippen molar-refractivity contribution in [3.05, 3.63) is 11.8 Å². The molecule has 5 unspecified atom stereocenters. The van der Waals surface area contributed by atoms with E-state index in [1.807, 2.05) is 6.26 Å². The molecule has 2 saturated heterocycles. The maximum absolute atomic E-state index is 11.4. The van der Waals surface area contributed by atoms with Gasteiger partial charge < -0.3 is 39.4 Å². The number of aliphatic hydroxyl groups is 3. The second-order valence-electron chi connectivity index (χ2n) is 9.92. The normalized spacial score (nSPS) is 51.7. The molecule has 4 fully saturated rings. The second-order valence-corrected chi connectivity index (χ2v) is 9.92. The van der Waals surface area contributed by atoms with Gasteiger partial charge in [-0.1, -0.05) is 0 Å². The summed E-state index contributed by atoms with van der Waals surface area (Å²) in [6.07, 6.45) is -1.39. The Morgan fingerprint density at radius 2 is 1.94 bits per heavy atom. The molecule has 0 bridgehead atoms. The number of carbonyl (C=O) groups is 1. The molecule has 5 aliphatic rings. The molecule has 2 aliphatic carbocycles. The summed E-state index contributed by atoms with van der Waals surface area (Å²) in [4.78, 5) is 11.4. The molecule has 9 heteroatoms. The van der Waals surface area contributed by atoms with Gasteiger partial charge in [0.2, 0.25) is 0 Å². The van der Waals surface area contributed by atoms with Crippen molar-refractivity contribution in [1.82, 2.24) is 0 Å².